The summed E-state index contributed by atoms with van der Waals surface area (Å²) in [4.78, 5) is 28.0. The summed E-state index contributed by atoms with van der Waals surface area (Å²) >= 11 is 0. The van der Waals surface area contributed by atoms with Gasteiger partial charge in [-0.25, -0.2) is 19.3 Å². The van der Waals surface area contributed by atoms with Crippen LogP contribution in [0.2, 0.25) is 0 Å². The van der Waals surface area contributed by atoms with Crippen molar-refractivity contribution >= 4 is 39.6 Å². The van der Waals surface area contributed by atoms with Crippen molar-refractivity contribution < 1.29 is 23.4 Å². The van der Waals surface area contributed by atoms with Gasteiger partial charge in [-0.3, -0.25) is 9.69 Å². The van der Waals surface area contributed by atoms with Gasteiger partial charge in [0, 0.05) is 48.2 Å². The standard InChI is InChI=1S/C32H32FN7O4/c1-19-12-25(29(43-4)17-27(19)44-21-7-10-40-11-8-34-30(40)14-21)37-31-22-15-26(28(42-3)16-24(22)35-18-36-31)38-32(41)23(33)13-20-6-5-9-39(20)2/h7-8,10-18,20H,5-6,9H2,1-4H3,(H,38,41)(H,35,36,37)/b23-13-/t20-/m1/s1. The summed E-state index contributed by atoms with van der Waals surface area (Å²) in [5.41, 5.74) is 3.10. The number of likely N-dealkylation sites (tertiary alicyclic amines) is 1. The van der Waals surface area contributed by atoms with Crippen LogP contribution in [-0.2, 0) is 4.79 Å². The predicted molar refractivity (Wildman–Crippen MR) is 166 cm³/mol. The van der Waals surface area contributed by atoms with Gasteiger partial charge in [0.05, 0.1) is 31.1 Å². The van der Waals surface area contributed by atoms with Crippen LogP contribution in [0.25, 0.3) is 16.6 Å². The van der Waals surface area contributed by atoms with E-state index in [0.717, 1.165) is 30.6 Å². The van der Waals surface area contributed by atoms with Gasteiger partial charge in [-0.2, -0.15) is 0 Å². The molecule has 44 heavy (non-hydrogen) atoms. The van der Waals surface area contributed by atoms with Crippen LogP contribution in [0.1, 0.15) is 18.4 Å². The fraction of sp³-hybridized carbons (Fsp3) is 0.250. The fourth-order valence-corrected chi connectivity index (χ4v) is 5.28. The molecule has 1 saturated heterocycles. The Balaban J connectivity index is 1.28. The van der Waals surface area contributed by atoms with E-state index in [2.05, 4.69) is 25.6 Å². The first kappa shape index (κ1) is 28.9. The Hall–Kier alpha value is -5.23. The van der Waals surface area contributed by atoms with Crippen LogP contribution in [-0.4, -0.2) is 64.0 Å². The molecule has 2 aromatic carbocycles. The third-order valence-electron chi connectivity index (χ3n) is 7.68. The van der Waals surface area contributed by atoms with Crippen molar-refractivity contribution in [2.45, 2.75) is 25.8 Å². The van der Waals surface area contributed by atoms with Gasteiger partial charge in [-0.05, 0) is 63.2 Å². The molecule has 11 nitrogen and oxygen atoms in total. The Morgan fingerprint density at radius 2 is 1.84 bits per heavy atom. The van der Waals surface area contributed by atoms with Gasteiger partial charge in [0.2, 0.25) is 0 Å². The highest BCUT2D eigenvalue weighted by Crippen LogP contribution is 2.39. The van der Waals surface area contributed by atoms with Crippen molar-refractivity contribution in [3.63, 3.8) is 0 Å². The number of rotatable bonds is 9. The van der Waals surface area contributed by atoms with Crippen molar-refractivity contribution in [2.75, 3.05) is 38.4 Å². The fourth-order valence-electron chi connectivity index (χ4n) is 5.28. The number of hydrogen-bond donors (Lipinski definition) is 2. The maximum atomic E-state index is 14.9. The first-order chi connectivity index (χ1) is 21.3. The summed E-state index contributed by atoms with van der Waals surface area (Å²) in [7, 11) is 4.96. The van der Waals surface area contributed by atoms with Crippen molar-refractivity contribution in [3.8, 4) is 23.0 Å². The number of pyridine rings is 1. The molecule has 5 aromatic rings. The quantitative estimate of drug-likeness (QED) is 0.197. The van der Waals surface area contributed by atoms with E-state index in [9.17, 15) is 9.18 Å². The van der Waals surface area contributed by atoms with Gasteiger partial charge in [0.15, 0.2) is 5.83 Å². The van der Waals surface area contributed by atoms with Crippen LogP contribution in [0.5, 0.6) is 23.0 Å². The van der Waals surface area contributed by atoms with E-state index in [1.54, 1.807) is 31.5 Å². The topological polar surface area (TPSA) is 115 Å². The number of aromatic nitrogens is 4. The van der Waals surface area contributed by atoms with E-state index >= 15 is 0 Å². The van der Waals surface area contributed by atoms with E-state index in [-0.39, 0.29) is 11.7 Å². The average Bonchev–Trinajstić information content (AvgIpc) is 3.66. The lowest BCUT2D eigenvalue weighted by molar-refractivity contribution is -0.114. The van der Waals surface area contributed by atoms with Crippen molar-refractivity contribution in [1.29, 1.82) is 0 Å². The number of likely N-dealkylation sites (N-methyl/N-ethyl adjacent to an activating group) is 1. The molecule has 2 N–H and O–H groups in total. The van der Waals surface area contributed by atoms with Crippen molar-refractivity contribution in [2.24, 2.45) is 0 Å². The molecule has 6 rings (SSSR count). The smallest absolute Gasteiger partial charge is 0.284 e. The Morgan fingerprint density at radius 1 is 1.02 bits per heavy atom. The number of nitrogens with zero attached hydrogens (tertiary/aromatic N) is 5. The van der Waals surface area contributed by atoms with Crippen molar-refractivity contribution in [3.05, 3.63) is 78.8 Å². The number of methoxy groups -OCH3 is 2. The number of amides is 1. The minimum absolute atomic E-state index is 0.112. The molecule has 226 valence electrons. The average molecular weight is 598 g/mol. The second-order valence-electron chi connectivity index (χ2n) is 10.6. The highest BCUT2D eigenvalue weighted by molar-refractivity contribution is 6.05. The molecule has 0 radical (unpaired) electrons. The SMILES string of the molecule is COc1cc2ncnc(Nc3cc(C)c(Oc4ccn5ccnc5c4)cc3OC)c2cc1NC(=O)/C(F)=C/[C@H]1CCCN1C. The number of nitrogens with one attached hydrogen (secondary N) is 2. The third kappa shape index (κ3) is 5.84. The van der Waals surface area contributed by atoms with E-state index in [1.165, 1.54) is 19.5 Å². The minimum Gasteiger partial charge on any atom is -0.494 e. The molecule has 1 amide bonds. The van der Waals surface area contributed by atoms with Gasteiger partial charge in [-0.1, -0.05) is 0 Å². The normalized spacial score (nSPS) is 15.5. The second-order valence-corrected chi connectivity index (χ2v) is 10.6. The summed E-state index contributed by atoms with van der Waals surface area (Å²) in [5.74, 6) is 0.865. The number of carbonyl (C=O) groups is 1. The number of halogens is 1. The highest BCUT2D eigenvalue weighted by atomic mass is 19.1. The number of hydrogen-bond acceptors (Lipinski definition) is 9. The molecular formula is C32H32FN7O4. The summed E-state index contributed by atoms with van der Waals surface area (Å²) in [5, 5.41) is 6.55. The number of anilines is 3. The molecule has 12 heteroatoms. The lowest BCUT2D eigenvalue weighted by atomic mass is 10.1. The monoisotopic (exact) mass is 597 g/mol. The van der Waals surface area contributed by atoms with Crippen molar-refractivity contribution in [1.82, 2.24) is 24.3 Å². The zero-order valence-electron chi connectivity index (χ0n) is 24.8. The largest absolute Gasteiger partial charge is 0.494 e. The maximum absolute atomic E-state index is 14.9. The Bertz CT molecular complexity index is 1890. The van der Waals surface area contributed by atoms with Crippen LogP contribution < -0.4 is 24.8 Å². The molecular weight excluding hydrogens is 565 g/mol. The molecule has 0 spiro atoms. The summed E-state index contributed by atoms with van der Waals surface area (Å²) < 4.78 is 34.1. The number of fused-ring (bicyclic) bond motifs is 2. The van der Waals surface area contributed by atoms with Gasteiger partial charge in [0.1, 0.15) is 40.8 Å². The molecule has 4 heterocycles. The number of ether oxygens (including phenoxy) is 3. The molecule has 1 fully saturated rings. The zero-order chi connectivity index (χ0) is 30.8. The van der Waals surface area contributed by atoms with Gasteiger partial charge >= 0.3 is 0 Å². The van der Waals surface area contributed by atoms with Gasteiger partial charge in [-0.15, -0.1) is 0 Å². The molecule has 1 atom stereocenters. The lowest BCUT2D eigenvalue weighted by Gasteiger charge is -2.17. The summed E-state index contributed by atoms with van der Waals surface area (Å²) in [6.07, 6.45) is 10.0. The second kappa shape index (κ2) is 12.2. The van der Waals surface area contributed by atoms with Crippen LogP contribution in [0.15, 0.2) is 73.2 Å². The predicted octanol–water partition coefficient (Wildman–Crippen LogP) is 6.03. The molecule has 1 aliphatic rings. The van der Waals surface area contributed by atoms with Crippen LogP contribution >= 0.6 is 0 Å². The molecule has 1 aliphatic heterocycles. The number of benzene rings is 2. The molecule has 0 unspecified atom stereocenters. The van der Waals surface area contributed by atoms with Crippen LogP contribution in [0.3, 0.4) is 0 Å². The van der Waals surface area contributed by atoms with E-state index in [4.69, 9.17) is 14.2 Å². The molecule has 0 bridgehead atoms. The van der Waals surface area contributed by atoms with E-state index in [0.29, 0.717) is 45.4 Å². The third-order valence-corrected chi connectivity index (χ3v) is 7.68. The zero-order valence-corrected chi connectivity index (χ0v) is 24.8. The molecule has 0 aliphatic carbocycles. The first-order valence-corrected chi connectivity index (χ1v) is 14.1. The highest BCUT2D eigenvalue weighted by Gasteiger charge is 2.22. The van der Waals surface area contributed by atoms with Crippen LogP contribution in [0, 0.1) is 6.92 Å². The minimum atomic E-state index is -0.853. The Morgan fingerprint density at radius 3 is 2.61 bits per heavy atom. The number of imidazole rings is 1. The Labute approximate surface area is 253 Å². The first-order valence-electron chi connectivity index (χ1n) is 14.1. The molecule has 3 aromatic heterocycles. The van der Waals surface area contributed by atoms with E-state index in [1.807, 2.05) is 53.9 Å². The van der Waals surface area contributed by atoms with E-state index < -0.39 is 11.7 Å². The van der Waals surface area contributed by atoms with Crippen LogP contribution in [0.4, 0.5) is 21.6 Å². The summed E-state index contributed by atoms with van der Waals surface area (Å²) in [6, 6.07) is 10.6. The number of aryl methyl sites for hydroxylation is 1. The number of carbonyl (C=O) groups excluding carboxylic acids is 1. The maximum Gasteiger partial charge on any atom is 0.284 e. The summed E-state index contributed by atoms with van der Waals surface area (Å²) in [6.45, 7) is 2.79. The Kier molecular flexibility index (Phi) is 7.99. The van der Waals surface area contributed by atoms with Gasteiger partial charge in [0.25, 0.3) is 5.91 Å². The molecule has 0 saturated carbocycles. The van der Waals surface area contributed by atoms with Gasteiger partial charge < -0.3 is 29.2 Å². The lowest BCUT2D eigenvalue weighted by Crippen LogP contribution is -2.24.